The highest BCUT2D eigenvalue weighted by molar-refractivity contribution is 9.10. The Kier molecular flexibility index (Phi) is 6.74. The van der Waals surface area contributed by atoms with E-state index in [1.807, 2.05) is 35.8 Å². The minimum Gasteiger partial charge on any atom is -0.507 e. The number of benzene rings is 2. The van der Waals surface area contributed by atoms with Gasteiger partial charge in [0.1, 0.15) is 5.75 Å². The zero-order valence-corrected chi connectivity index (χ0v) is 18.0. The SMILES string of the molecule is CCc1ccc(NC(=O)CSc2nnc(-c3cc(Br)ccc3O)n2CC)cc1. The first-order valence-electron chi connectivity index (χ1n) is 8.95. The van der Waals surface area contributed by atoms with Crippen LogP contribution in [0.5, 0.6) is 5.75 Å². The molecule has 2 aromatic carbocycles. The van der Waals surface area contributed by atoms with Crippen molar-refractivity contribution in [2.24, 2.45) is 0 Å². The van der Waals surface area contributed by atoms with E-state index in [0.717, 1.165) is 16.6 Å². The van der Waals surface area contributed by atoms with Crippen LogP contribution in [0.3, 0.4) is 0 Å². The summed E-state index contributed by atoms with van der Waals surface area (Å²) in [6.45, 7) is 4.69. The fraction of sp³-hybridized carbons (Fsp3) is 0.250. The van der Waals surface area contributed by atoms with Gasteiger partial charge in [-0.05, 0) is 49.2 Å². The zero-order valence-electron chi connectivity index (χ0n) is 15.6. The predicted octanol–water partition coefficient (Wildman–Crippen LogP) is 4.73. The topological polar surface area (TPSA) is 80.0 Å². The molecule has 1 amide bonds. The van der Waals surface area contributed by atoms with Crippen LogP contribution in [0.2, 0.25) is 0 Å². The first-order valence-corrected chi connectivity index (χ1v) is 10.7. The standard InChI is InChI=1S/C20H21BrN4O2S/c1-3-13-5-8-15(9-6-13)22-18(27)12-28-20-24-23-19(25(20)4-2)16-11-14(21)7-10-17(16)26/h5-11,26H,3-4,12H2,1-2H3,(H,22,27). The molecule has 0 saturated carbocycles. The third kappa shape index (κ3) is 4.74. The van der Waals surface area contributed by atoms with Gasteiger partial charge in [-0.1, -0.05) is 46.7 Å². The number of hydrogen-bond acceptors (Lipinski definition) is 5. The third-order valence-electron chi connectivity index (χ3n) is 4.21. The van der Waals surface area contributed by atoms with E-state index in [2.05, 4.69) is 38.4 Å². The van der Waals surface area contributed by atoms with Crippen LogP contribution < -0.4 is 5.32 Å². The number of aromatic hydroxyl groups is 1. The summed E-state index contributed by atoms with van der Waals surface area (Å²) in [5.41, 5.74) is 2.60. The van der Waals surface area contributed by atoms with Crippen molar-refractivity contribution >= 4 is 39.3 Å². The lowest BCUT2D eigenvalue weighted by atomic mass is 10.1. The van der Waals surface area contributed by atoms with Crippen LogP contribution in [0.4, 0.5) is 5.69 Å². The number of carbonyl (C=O) groups excluding carboxylic acids is 1. The number of aryl methyl sites for hydroxylation is 1. The molecule has 0 aliphatic rings. The van der Waals surface area contributed by atoms with E-state index < -0.39 is 0 Å². The van der Waals surface area contributed by atoms with Crippen LogP contribution in [0, 0.1) is 0 Å². The van der Waals surface area contributed by atoms with Crippen LogP contribution in [0.15, 0.2) is 52.1 Å². The zero-order chi connectivity index (χ0) is 20.1. The lowest BCUT2D eigenvalue weighted by molar-refractivity contribution is -0.113. The molecular formula is C20H21BrN4O2S. The van der Waals surface area contributed by atoms with Crippen molar-refractivity contribution in [2.75, 3.05) is 11.1 Å². The monoisotopic (exact) mass is 460 g/mol. The highest BCUT2D eigenvalue weighted by Crippen LogP contribution is 2.32. The van der Waals surface area contributed by atoms with Gasteiger partial charge in [0.25, 0.3) is 0 Å². The maximum Gasteiger partial charge on any atom is 0.234 e. The summed E-state index contributed by atoms with van der Waals surface area (Å²) in [5, 5.41) is 22.1. The first kappa shape index (κ1) is 20.4. The summed E-state index contributed by atoms with van der Waals surface area (Å²) < 4.78 is 2.73. The van der Waals surface area contributed by atoms with Crippen molar-refractivity contribution < 1.29 is 9.90 Å². The number of hydrogen-bond donors (Lipinski definition) is 2. The molecular weight excluding hydrogens is 440 g/mol. The molecule has 2 N–H and O–H groups in total. The Bertz CT molecular complexity index is 973. The van der Waals surface area contributed by atoms with E-state index in [4.69, 9.17) is 0 Å². The molecule has 6 nitrogen and oxygen atoms in total. The summed E-state index contributed by atoms with van der Waals surface area (Å²) >= 11 is 4.73. The summed E-state index contributed by atoms with van der Waals surface area (Å²) in [7, 11) is 0. The minimum absolute atomic E-state index is 0.105. The second kappa shape index (κ2) is 9.25. The Hall–Kier alpha value is -2.32. The molecule has 0 unspecified atom stereocenters. The van der Waals surface area contributed by atoms with E-state index in [1.54, 1.807) is 18.2 Å². The van der Waals surface area contributed by atoms with Gasteiger partial charge in [-0.15, -0.1) is 10.2 Å². The van der Waals surface area contributed by atoms with Crippen molar-refractivity contribution in [1.82, 2.24) is 14.8 Å². The number of nitrogens with zero attached hydrogens (tertiary/aromatic N) is 3. The van der Waals surface area contributed by atoms with Crippen LogP contribution in [-0.4, -0.2) is 31.5 Å². The van der Waals surface area contributed by atoms with Crippen molar-refractivity contribution in [3.63, 3.8) is 0 Å². The van der Waals surface area contributed by atoms with Gasteiger partial charge in [-0.25, -0.2) is 0 Å². The molecule has 0 atom stereocenters. The largest absolute Gasteiger partial charge is 0.507 e. The molecule has 0 bridgehead atoms. The van der Waals surface area contributed by atoms with Crippen molar-refractivity contribution in [2.45, 2.75) is 32.0 Å². The summed E-state index contributed by atoms with van der Waals surface area (Å²) in [4.78, 5) is 12.3. The van der Waals surface area contributed by atoms with Gasteiger partial charge in [-0.3, -0.25) is 4.79 Å². The van der Waals surface area contributed by atoms with E-state index in [9.17, 15) is 9.90 Å². The average molecular weight is 461 g/mol. The van der Waals surface area contributed by atoms with Crippen LogP contribution in [0.25, 0.3) is 11.4 Å². The van der Waals surface area contributed by atoms with Crippen LogP contribution >= 0.6 is 27.7 Å². The molecule has 1 aromatic heterocycles. The fourth-order valence-corrected chi connectivity index (χ4v) is 3.88. The van der Waals surface area contributed by atoms with Gasteiger partial charge in [0.2, 0.25) is 5.91 Å². The van der Waals surface area contributed by atoms with Gasteiger partial charge >= 0.3 is 0 Å². The average Bonchev–Trinajstić information content (AvgIpc) is 3.11. The summed E-state index contributed by atoms with van der Waals surface area (Å²) in [6, 6.07) is 13.0. The van der Waals surface area contributed by atoms with Gasteiger partial charge in [-0.2, -0.15) is 0 Å². The molecule has 0 aliphatic heterocycles. The summed E-state index contributed by atoms with van der Waals surface area (Å²) in [5.74, 6) is 0.819. The van der Waals surface area contributed by atoms with Crippen LogP contribution in [0.1, 0.15) is 19.4 Å². The van der Waals surface area contributed by atoms with E-state index >= 15 is 0 Å². The second-order valence-electron chi connectivity index (χ2n) is 6.10. The van der Waals surface area contributed by atoms with Crippen LogP contribution in [-0.2, 0) is 17.8 Å². The minimum atomic E-state index is -0.105. The first-order chi connectivity index (χ1) is 13.5. The Morgan fingerprint density at radius 2 is 1.93 bits per heavy atom. The van der Waals surface area contributed by atoms with E-state index in [1.165, 1.54) is 17.3 Å². The lowest BCUT2D eigenvalue weighted by Gasteiger charge is -2.09. The Balaban J connectivity index is 1.70. The fourth-order valence-electron chi connectivity index (χ4n) is 2.72. The number of halogens is 1. The Labute approximate surface area is 176 Å². The van der Waals surface area contributed by atoms with Gasteiger partial charge in [0.15, 0.2) is 11.0 Å². The molecule has 8 heteroatoms. The normalized spacial score (nSPS) is 10.8. The maximum atomic E-state index is 12.3. The quantitative estimate of drug-likeness (QED) is 0.498. The highest BCUT2D eigenvalue weighted by atomic mass is 79.9. The smallest absolute Gasteiger partial charge is 0.234 e. The molecule has 0 radical (unpaired) electrons. The Morgan fingerprint density at radius 1 is 1.18 bits per heavy atom. The van der Waals surface area contributed by atoms with Gasteiger partial charge in [0.05, 0.1) is 11.3 Å². The number of carbonyl (C=O) groups is 1. The number of phenolic OH excluding ortho intramolecular Hbond substituents is 1. The van der Waals surface area contributed by atoms with Gasteiger partial charge in [0, 0.05) is 16.7 Å². The molecule has 0 aliphatic carbocycles. The molecule has 146 valence electrons. The second-order valence-corrected chi connectivity index (χ2v) is 7.96. The number of nitrogens with one attached hydrogen (secondary N) is 1. The lowest BCUT2D eigenvalue weighted by Crippen LogP contribution is -2.14. The number of aromatic nitrogens is 3. The maximum absolute atomic E-state index is 12.3. The van der Waals surface area contributed by atoms with Crippen molar-refractivity contribution in [1.29, 1.82) is 0 Å². The third-order valence-corrected chi connectivity index (χ3v) is 5.67. The molecule has 0 fully saturated rings. The molecule has 3 aromatic rings. The summed E-state index contributed by atoms with van der Waals surface area (Å²) in [6.07, 6.45) is 0.965. The number of phenols is 1. The Morgan fingerprint density at radius 3 is 2.61 bits per heavy atom. The number of rotatable bonds is 7. The van der Waals surface area contributed by atoms with Crippen molar-refractivity contribution in [3.05, 3.63) is 52.5 Å². The predicted molar refractivity (Wildman–Crippen MR) is 116 cm³/mol. The molecule has 0 spiro atoms. The van der Waals surface area contributed by atoms with Gasteiger partial charge < -0.3 is 15.0 Å². The molecule has 28 heavy (non-hydrogen) atoms. The number of anilines is 1. The van der Waals surface area contributed by atoms with E-state index in [0.29, 0.717) is 23.1 Å². The van der Waals surface area contributed by atoms with E-state index in [-0.39, 0.29) is 17.4 Å². The molecule has 3 rings (SSSR count). The molecule has 0 saturated heterocycles. The number of thioether (sulfide) groups is 1. The molecule has 1 heterocycles. The van der Waals surface area contributed by atoms with Crippen molar-refractivity contribution in [3.8, 4) is 17.1 Å². The number of amides is 1. The highest BCUT2D eigenvalue weighted by Gasteiger charge is 2.17.